The molecule has 0 bridgehead atoms. The molecule has 0 aliphatic rings. The van der Waals surface area contributed by atoms with E-state index in [1.54, 1.807) is 24.2 Å². The predicted octanol–water partition coefficient (Wildman–Crippen LogP) is 1.55. The Morgan fingerprint density at radius 3 is 2.54 bits per heavy atom. The molecule has 1 aromatic heterocycles. The molecule has 13 heavy (non-hydrogen) atoms. The molecule has 0 saturated carbocycles. The van der Waals surface area contributed by atoms with Crippen LogP contribution in [0, 0.1) is 5.92 Å². The van der Waals surface area contributed by atoms with Gasteiger partial charge in [0.05, 0.1) is 0 Å². The van der Waals surface area contributed by atoms with E-state index in [1.165, 1.54) is 0 Å². The van der Waals surface area contributed by atoms with E-state index in [9.17, 15) is 0 Å². The van der Waals surface area contributed by atoms with E-state index >= 15 is 0 Å². The molecular formula is C9H15N3S. The average Bonchev–Trinajstić information content (AvgIpc) is 2.15. The van der Waals surface area contributed by atoms with Gasteiger partial charge < -0.3 is 5.73 Å². The average molecular weight is 197 g/mol. The SMILES string of the molecule is CC(C)[C@@H](N)CSc1ncccn1. The summed E-state index contributed by atoms with van der Waals surface area (Å²) in [6.45, 7) is 4.24. The Morgan fingerprint density at radius 1 is 1.38 bits per heavy atom. The van der Waals surface area contributed by atoms with Gasteiger partial charge in [0.1, 0.15) is 0 Å². The highest BCUT2D eigenvalue weighted by Gasteiger charge is 2.08. The number of thioether (sulfide) groups is 1. The lowest BCUT2D eigenvalue weighted by Crippen LogP contribution is -2.28. The maximum absolute atomic E-state index is 5.89. The van der Waals surface area contributed by atoms with Crippen molar-refractivity contribution in [2.24, 2.45) is 11.7 Å². The highest BCUT2D eigenvalue weighted by molar-refractivity contribution is 7.99. The van der Waals surface area contributed by atoms with E-state index < -0.39 is 0 Å². The van der Waals surface area contributed by atoms with Crippen molar-refractivity contribution < 1.29 is 0 Å². The van der Waals surface area contributed by atoms with Gasteiger partial charge in [-0.25, -0.2) is 9.97 Å². The quantitative estimate of drug-likeness (QED) is 0.588. The van der Waals surface area contributed by atoms with Gasteiger partial charge in [0.15, 0.2) is 5.16 Å². The molecule has 0 fully saturated rings. The maximum atomic E-state index is 5.89. The van der Waals surface area contributed by atoms with Gasteiger partial charge in [-0.2, -0.15) is 0 Å². The van der Waals surface area contributed by atoms with Gasteiger partial charge in [-0.3, -0.25) is 0 Å². The summed E-state index contributed by atoms with van der Waals surface area (Å²) in [5.74, 6) is 1.39. The van der Waals surface area contributed by atoms with Crippen molar-refractivity contribution in [1.82, 2.24) is 9.97 Å². The van der Waals surface area contributed by atoms with Crippen LogP contribution < -0.4 is 5.73 Å². The van der Waals surface area contributed by atoms with Crippen LogP contribution in [0.3, 0.4) is 0 Å². The van der Waals surface area contributed by atoms with Gasteiger partial charge in [0.25, 0.3) is 0 Å². The number of hydrogen-bond acceptors (Lipinski definition) is 4. The lowest BCUT2D eigenvalue weighted by molar-refractivity contribution is 0.535. The molecule has 0 aromatic carbocycles. The molecule has 1 heterocycles. The molecule has 0 unspecified atom stereocenters. The normalized spacial score (nSPS) is 13.2. The van der Waals surface area contributed by atoms with Gasteiger partial charge >= 0.3 is 0 Å². The van der Waals surface area contributed by atoms with Crippen molar-refractivity contribution in [3.63, 3.8) is 0 Å². The molecule has 0 aliphatic heterocycles. The van der Waals surface area contributed by atoms with Crippen molar-refractivity contribution in [2.45, 2.75) is 25.0 Å². The fourth-order valence-corrected chi connectivity index (χ4v) is 1.72. The number of rotatable bonds is 4. The smallest absolute Gasteiger partial charge is 0.187 e. The zero-order chi connectivity index (χ0) is 9.68. The predicted molar refractivity (Wildman–Crippen MR) is 55.6 cm³/mol. The first-order valence-corrected chi connectivity index (χ1v) is 5.34. The van der Waals surface area contributed by atoms with Crippen LogP contribution in [-0.2, 0) is 0 Å². The zero-order valence-electron chi connectivity index (χ0n) is 7.97. The fourth-order valence-electron chi connectivity index (χ4n) is 0.723. The van der Waals surface area contributed by atoms with Crippen LogP contribution in [-0.4, -0.2) is 21.8 Å². The van der Waals surface area contributed by atoms with E-state index in [-0.39, 0.29) is 6.04 Å². The minimum absolute atomic E-state index is 0.216. The lowest BCUT2D eigenvalue weighted by Gasteiger charge is -2.13. The molecule has 0 spiro atoms. The second kappa shape index (κ2) is 5.19. The zero-order valence-corrected chi connectivity index (χ0v) is 8.79. The Hall–Kier alpha value is -0.610. The third-order valence-corrected chi connectivity index (χ3v) is 2.82. The summed E-state index contributed by atoms with van der Waals surface area (Å²) < 4.78 is 0. The van der Waals surface area contributed by atoms with Crippen LogP contribution in [0.4, 0.5) is 0 Å². The van der Waals surface area contributed by atoms with Crippen LogP contribution in [0.15, 0.2) is 23.6 Å². The Kier molecular flexibility index (Phi) is 4.18. The topological polar surface area (TPSA) is 51.8 Å². The summed E-state index contributed by atoms with van der Waals surface area (Å²) in [5, 5.41) is 0.804. The summed E-state index contributed by atoms with van der Waals surface area (Å²) in [5.41, 5.74) is 5.89. The number of nitrogens with two attached hydrogens (primary N) is 1. The molecule has 72 valence electrons. The molecule has 3 nitrogen and oxygen atoms in total. The Balaban J connectivity index is 2.35. The molecule has 2 N–H and O–H groups in total. The van der Waals surface area contributed by atoms with E-state index in [0.717, 1.165) is 10.9 Å². The molecular weight excluding hydrogens is 182 g/mol. The monoisotopic (exact) mass is 197 g/mol. The fraction of sp³-hybridized carbons (Fsp3) is 0.556. The molecule has 0 radical (unpaired) electrons. The Bertz CT molecular complexity index is 238. The molecule has 1 aromatic rings. The van der Waals surface area contributed by atoms with Crippen molar-refractivity contribution >= 4 is 11.8 Å². The number of hydrogen-bond donors (Lipinski definition) is 1. The largest absolute Gasteiger partial charge is 0.327 e. The maximum Gasteiger partial charge on any atom is 0.187 e. The van der Waals surface area contributed by atoms with Crippen LogP contribution in [0.5, 0.6) is 0 Å². The molecule has 0 aliphatic carbocycles. The Morgan fingerprint density at radius 2 is 2.00 bits per heavy atom. The molecule has 1 atom stereocenters. The van der Waals surface area contributed by atoms with Crippen molar-refractivity contribution in [3.05, 3.63) is 18.5 Å². The molecule has 4 heteroatoms. The highest BCUT2D eigenvalue weighted by Crippen LogP contribution is 2.14. The summed E-state index contributed by atoms with van der Waals surface area (Å²) in [7, 11) is 0. The highest BCUT2D eigenvalue weighted by atomic mass is 32.2. The molecule has 1 rings (SSSR count). The summed E-state index contributed by atoms with van der Waals surface area (Å²) >= 11 is 1.61. The van der Waals surface area contributed by atoms with Crippen LogP contribution in [0.25, 0.3) is 0 Å². The van der Waals surface area contributed by atoms with E-state index in [4.69, 9.17) is 5.73 Å². The minimum Gasteiger partial charge on any atom is -0.327 e. The van der Waals surface area contributed by atoms with Crippen molar-refractivity contribution in [1.29, 1.82) is 0 Å². The third kappa shape index (κ3) is 3.74. The second-order valence-electron chi connectivity index (χ2n) is 3.25. The lowest BCUT2D eigenvalue weighted by atomic mass is 10.1. The third-order valence-electron chi connectivity index (χ3n) is 1.80. The van der Waals surface area contributed by atoms with Gasteiger partial charge in [-0.1, -0.05) is 25.6 Å². The summed E-state index contributed by atoms with van der Waals surface area (Å²) in [4.78, 5) is 8.21. The first kappa shape index (κ1) is 10.5. The van der Waals surface area contributed by atoms with E-state index in [2.05, 4.69) is 23.8 Å². The molecule has 0 saturated heterocycles. The first-order chi connectivity index (χ1) is 6.20. The van der Waals surface area contributed by atoms with Gasteiger partial charge in [0.2, 0.25) is 0 Å². The summed E-state index contributed by atoms with van der Waals surface area (Å²) in [6.07, 6.45) is 3.49. The first-order valence-electron chi connectivity index (χ1n) is 4.35. The van der Waals surface area contributed by atoms with Crippen LogP contribution in [0.2, 0.25) is 0 Å². The Labute approximate surface area is 83.2 Å². The minimum atomic E-state index is 0.216. The standard InChI is InChI=1S/C9H15N3S/c1-7(2)8(10)6-13-9-11-4-3-5-12-9/h3-5,7-8H,6,10H2,1-2H3/t8-/m0/s1. The van der Waals surface area contributed by atoms with Crippen LogP contribution in [0.1, 0.15) is 13.8 Å². The molecule has 0 amide bonds. The van der Waals surface area contributed by atoms with E-state index in [0.29, 0.717) is 5.92 Å². The van der Waals surface area contributed by atoms with Crippen molar-refractivity contribution in [2.75, 3.05) is 5.75 Å². The van der Waals surface area contributed by atoms with Crippen molar-refractivity contribution in [3.8, 4) is 0 Å². The van der Waals surface area contributed by atoms with Gasteiger partial charge in [-0.05, 0) is 12.0 Å². The summed E-state index contributed by atoms with van der Waals surface area (Å²) in [6, 6.07) is 2.03. The number of aromatic nitrogens is 2. The van der Waals surface area contributed by atoms with Crippen LogP contribution >= 0.6 is 11.8 Å². The van der Waals surface area contributed by atoms with E-state index in [1.807, 2.05) is 6.07 Å². The van der Waals surface area contributed by atoms with Gasteiger partial charge in [0, 0.05) is 24.2 Å². The second-order valence-corrected chi connectivity index (χ2v) is 4.24. The number of nitrogens with zero attached hydrogens (tertiary/aromatic N) is 2. The van der Waals surface area contributed by atoms with Gasteiger partial charge in [-0.15, -0.1) is 0 Å².